The van der Waals surface area contributed by atoms with Crippen LogP contribution in [0.25, 0.3) is 0 Å². The molecule has 5 nitrogen and oxygen atoms in total. The van der Waals surface area contributed by atoms with E-state index >= 15 is 0 Å². The Morgan fingerprint density at radius 1 is 1.00 bits per heavy atom. The second-order valence-corrected chi connectivity index (χ2v) is 7.11. The smallest absolute Gasteiger partial charge is 0.341 e. The third-order valence-corrected chi connectivity index (χ3v) is 4.99. The van der Waals surface area contributed by atoms with E-state index in [2.05, 4.69) is 10.3 Å². The molecule has 0 bridgehead atoms. The lowest BCUT2D eigenvalue weighted by Crippen LogP contribution is -2.31. The molecule has 1 unspecified atom stereocenters. The van der Waals surface area contributed by atoms with Crippen molar-refractivity contribution >= 4 is 23.6 Å². The fourth-order valence-corrected chi connectivity index (χ4v) is 3.44. The molecule has 1 aromatic heterocycles. The Morgan fingerprint density at radius 2 is 1.68 bits per heavy atom. The van der Waals surface area contributed by atoms with Crippen molar-refractivity contribution in [3.05, 3.63) is 90.1 Å². The number of pyridine rings is 1. The number of ether oxygens (including phenoxy) is 1. The Kier molecular flexibility index (Phi) is 6.81. The molecule has 1 N–H and O–H groups in total. The van der Waals surface area contributed by atoms with E-state index in [1.54, 1.807) is 18.3 Å². The zero-order valence-electron chi connectivity index (χ0n) is 15.4. The van der Waals surface area contributed by atoms with Crippen LogP contribution in [0, 0.1) is 0 Å². The highest BCUT2D eigenvalue weighted by molar-refractivity contribution is 7.99. The average molecular weight is 392 g/mol. The van der Waals surface area contributed by atoms with Gasteiger partial charge in [0.1, 0.15) is 5.03 Å². The van der Waals surface area contributed by atoms with Crippen LogP contribution in [0.2, 0.25) is 0 Å². The van der Waals surface area contributed by atoms with Crippen LogP contribution in [-0.4, -0.2) is 23.5 Å². The van der Waals surface area contributed by atoms with Gasteiger partial charge in [0.25, 0.3) is 5.91 Å². The molecular formula is C22H20N2O3S. The van der Waals surface area contributed by atoms with Gasteiger partial charge in [-0.05, 0) is 36.8 Å². The van der Waals surface area contributed by atoms with E-state index in [1.165, 1.54) is 11.8 Å². The highest BCUT2D eigenvalue weighted by Gasteiger charge is 2.17. The summed E-state index contributed by atoms with van der Waals surface area (Å²) in [5.41, 5.74) is 1.32. The van der Waals surface area contributed by atoms with Crippen LogP contribution >= 0.6 is 11.8 Å². The largest absolute Gasteiger partial charge is 0.452 e. The van der Waals surface area contributed by atoms with Crippen molar-refractivity contribution in [2.24, 2.45) is 0 Å². The third-order valence-electron chi connectivity index (χ3n) is 3.96. The fraction of sp³-hybridized carbons (Fsp3) is 0.136. The summed E-state index contributed by atoms with van der Waals surface area (Å²) in [5, 5.41) is 3.36. The number of aromatic nitrogens is 1. The first-order valence-electron chi connectivity index (χ1n) is 8.83. The van der Waals surface area contributed by atoms with Crippen LogP contribution in [0.1, 0.15) is 28.9 Å². The summed E-state index contributed by atoms with van der Waals surface area (Å²) in [7, 11) is 0. The molecule has 1 amide bonds. The molecule has 0 saturated carbocycles. The summed E-state index contributed by atoms with van der Waals surface area (Å²) in [4.78, 5) is 29.8. The van der Waals surface area contributed by atoms with Gasteiger partial charge in [0.2, 0.25) is 0 Å². The maximum Gasteiger partial charge on any atom is 0.341 e. The summed E-state index contributed by atoms with van der Waals surface area (Å²) in [5.74, 6) is -0.931. The van der Waals surface area contributed by atoms with E-state index < -0.39 is 5.97 Å². The lowest BCUT2D eigenvalue weighted by Gasteiger charge is -2.14. The van der Waals surface area contributed by atoms with Gasteiger partial charge in [-0.15, -0.1) is 0 Å². The van der Waals surface area contributed by atoms with Gasteiger partial charge in [-0.3, -0.25) is 4.79 Å². The van der Waals surface area contributed by atoms with Crippen molar-refractivity contribution in [1.82, 2.24) is 10.3 Å². The Morgan fingerprint density at radius 3 is 2.39 bits per heavy atom. The van der Waals surface area contributed by atoms with Gasteiger partial charge in [0.05, 0.1) is 11.6 Å². The van der Waals surface area contributed by atoms with Crippen molar-refractivity contribution in [3.8, 4) is 0 Å². The van der Waals surface area contributed by atoms with Crippen LogP contribution in [0.4, 0.5) is 0 Å². The SMILES string of the molecule is CC(NC(=O)COC(=O)c1cccnc1Sc1ccccc1)c1ccccc1. The molecule has 142 valence electrons. The quantitative estimate of drug-likeness (QED) is 0.608. The molecule has 0 fully saturated rings. The van der Waals surface area contributed by atoms with E-state index in [-0.39, 0.29) is 18.6 Å². The molecule has 0 aliphatic heterocycles. The lowest BCUT2D eigenvalue weighted by atomic mass is 10.1. The fourth-order valence-electron chi connectivity index (χ4n) is 2.54. The van der Waals surface area contributed by atoms with Gasteiger partial charge in [-0.1, -0.05) is 60.3 Å². The zero-order chi connectivity index (χ0) is 19.8. The number of rotatable bonds is 7. The highest BCUT2D eigenvalue weighted by atomic mass is 32.2. The molecule has 1 heterocycles. The molecule has 0 spiro atoms. The van der Waals surface area contributed by atoms with E-state index in [1.807, 2.05) is 67.6 Å². The van der Waals surface area contributed by atoms with E-state index in [4.69, 9.17) is 4.74 Å². The van der Waals surface area contributed by atoms with Crippen molar-refractivity contribution < 1.29 is 14.3 Å². The highest BCUT2D eigenvalue weighted by Crippen LogP contribution is 2.28. The summed E-state index contributed by atoms with van der Waals surface area (Å²) in [6, 6.07) is 22.4. The van der Waals surface area contributed by atoms with Gasteiger partial charge < -0.3 is 10.1 Å². The Balaban J connectivity index is 1.58. The minimum Gasteiger partial charge on any atom is -0.452 e. The Labute approximate surface area is 168 Å². The molecular weight excluding hydrogens is 372 g/mol. The number of carbonyl (C=O) groups excluding carboxylic acids is 2. The number of benzene rings is 2. The first-order valence-corrected chi connectivity index (χ1v) is 9.64. The molecule has 0 aliphatic rings. The Bertz CT molecular complexity index is 933. The van der Waals surface area contributed by atoms with Crippen LogP contribution < -0.4 is 5.32 Å². The lowest BCUT2D eigenvalue weighted by molar-refractivity contribution is -0.124. The number of hydrogen-bond acceptors (Lipinski definition) is 5. The van der Waals surface area contributed by atoms with Crippen LogP contribution in [0.3, 0.4) is 0 Å². The van der Waals surface area contributed by atoms with Gasteiger partial charge in [-0.25, -0.2) is 9.78 Å². The first-order chi connectivity index (χ1) is 13.6. The number of nitrogens with zero attached hydrogens (tertiary/aromatic N) is 1. The number of carbonyl (C=O) groups is 2. The molecule has 0 aliphatic carbocycles. The van der Waals surface area contributed by atoms with E-state index in [0.29, 0.717) is 10.6 Å². The zero-order valence-corrected chi connectivity index (χ0v) is 16.2. The van der Waals surface area contributed by atoms with Gasteiger partial charge >= 0.3 is 5.97 Å². The van der Waals surface area contributed by atoms with Crippen LogP contribution in [0.15, 0.2) is 88.9 Å². The number of esters is 1. The maximum atomic E-state index is 12.5. The normalized spacial score (nSPS) is 11.5. The Hall–Kier alpha value is -3.12. The van der Waals surface area contributed by atoms with Crippen molar-refractivity contribution in [3.63, 3.8) is 0 Å². The van der Waals surface area contributed by atoms with E-state index in [9.17, 15) is 9.59 Å². The van der Waals surface area contributed by atoms with Crippen LogP contribution in [-0.2, 0) is 9.53 Å². The standard InChI is InChI=1S/C22H20N2O3S/c1-16(17-9-4-2-5-10-17)24-20(25)15-27-22(26)19-13-8-14-23-21(19)28-18-11-6-3-7-12-18/h2-14,16H,15H2,1H3,(H,24,25). The molecule has 1 atom stereocenters. The number of nitrogens with one attached hydrogen (secondary N) is 1. The molecule has 28 heavy (non-hydrogen) atoms. The van der Waals surface area contributed by atoms with Crippen molar-refractivity contribution in [2.75, 3.05) is 6.61 Å². The molecule has 0 radical (unpaired) electrons. The first kappa shape index (κ1) is 19.6. The monoisotopic (exact) mass is 392 g/mol. The molecule has 3 aromatic rings. The van der Waals surface area contributed by atoms with Gasteiger partial charge in [0.15, 0.2) is 6.61 Å². The number of hydrogen-bond donors (Lipinski definition) is 1. The molecule has 0 saturated heterocycles. The predicted octanol–water partition coefficient (Wildman–Crippen LogP) is 4.27. The van der Waals surface area contributed by atoms with E-state index in [0.717, 1.165) is 10.5 Å². The summed E-state index contributed by atoms with van der Waals surface area (Å²) < 4.78 is 5.20. The molecule has 2 aromatic carbocycles. The predicted molar refractivity (Wildman–Crippen MR) is 108 cm³/mol. The third kappa shape index (κ3) is 5.44. The van der Waals surface area contributed by atoms with Gasteiger partial charge in [-0.2, -0.15) is 0 Å². The van der Waals surface area contributed by atoms with Crippen molar-refractivity contribution in [1.29, 1.82) is 0 Å². The average Bonchev–Trinajstić information content (AvgIpc) is 2.74. The second kappa shape index (κ2) is 9.71. The number of amides is 1. The minimum absolute atomic E-state index is 0.171. The summed E-state index contributed by atoms with van der Waals surface area (Å²) in [6.07, 6.45) is 1.62. The summed E-state index contributed by atoms with van der Waals surface area (Å²) >= 11 is 1.37. The minimum atomic E-state index is -0.575. The maximum absolute atomic E-state index is 12.5. The second-order valence-electron chi connectivity index (χ2n) is 6.05. The van der Waals surface area contributed by atoms with Crippen LogP contribution in [0.5, 0.6) is 0 Å². The summed E-state index contributed by atoms with van der Waals surface area (Å²) in [6.45, 7) is 1.53. The molecule has 6 heteroatoms. The van der Waals surface area contributed by atoms with Gasteiger partial charge in [0, 0.05) is 11.1 Å². The molecule has 3 rings (SSSR count). The topological polar surface area (TPSA) is 68.3 Å². The van der Waals surface area contributed by atoms with Crippen molar-refractivity contribution in [2.45, 2.75) is 22.9 Å².